The van der Waals surface area contributed by atoms with E-state index in [2.05, 4.69) is 86.6 Å². The lowest BCUT2D eigenvalue weighted by molar-refractivity contribution is -0.659. The minimum Gasteiger partial charge on any atom is -0.303 e. The molecule has 0 spiro atoms. The van der Waals surface area contributed by atoms with Gasteiger partial charge in [0.05, 0.1) is 22.0 Å². The molecule has 0 unspecified atom stereocenters. The molecule has 1 aliphatic rings. The van der Waals surface area contributed by atoms with Crippen molar-refractivity contribution in [1.82, 2.24) is 9.55 Å². The summed E-state index contributed by atoms with van der Waals surface area (Å²) < 4.78 is 4.52. The lowest BCUT2D eigenvalue weighted by Gasteiger charge is -2.12. The first-order valence-corrected chi connectivity index (χ1v) is 9.51. The third-order valence-corrected chi connectivity index (χ3v) is 5.96. The van der Waals surface area contributed by atoms with Gasteiger partial charge >= 0.3 is 0 Å². The molecule has 3 heteroatoms. The maximum atomic E-state index is 4.94. The monoisotopic (exact) mass is 354 g/mol. The van der Waals surface area contributed by atoms with Crippen LogP contribution in [0, 0.1) is 20.8 Å². The van der Waals surface area contributed by atoms with Gasteiger partial charge in [-0.25, -0.2) is 9.55 Å². The van der Waals surface area contributed by atoms with Crippen molar-refractivity contribution < 1.29 is 4.57 Å². The third-order valence-electron chi connectivity index (χ3n) is 5.96. The molecule has 134 valence electrons. The molecule has 0 amide bonds. The largest absolute Gasteiger partial charge is 0.303 e. The normalized spacial score (nSPS) is 13.4. The first-order chi connectivity index (χ1) is 12.9. The van der Waals surface area contributed by atoms with Crippen molar-refractivity contribution in [2.45, 2.75) is 34.1 Å². The quantitative estimate of drug-likeness (QED) is 0.440. The van der Waals surface area contributed by atoms with Crippen LogP contribution in [0.2, 0.25) is 0 Å². The van der Waals surface area contributed by atoms with Gasteiger partial charge in [-0.15, -0.1) is 0 Å². The van der Waals surface area contributed by atoms with Crippen molar-refractivity contribution in [3.05, 3.63) is 64.6 Å². The molecule has 2 aromatic heterocycles. The van der Waals surface area contributed by atoms with Crippen LogP contribution >= 0.6 is 0 Å². The molecule has 27 heavy (non-hydrogen) atoms. The van der Waals surface area contributed by atoms with E-state index in [1.807, 2.05) is 0 Å². The number of hydrogen-bond acceptors (Lipinski definition) is 1. The number of hydrogen-bond donors (Lipinski definition) is 0. The number of pyridine rings is 1. The molecule has 5 rings (SSSR count). The fourth-order valence-electron chi connectivity index (χ4n) is 4.39. The Morgan fingerprint density at radius 1 is 1.00 bits per heavy atom. The zero-order valence-corrected chi connectivity index (χ0v) is 16.6. The summed E-state index contributed by atoms with van der Waals surface area (Å²) in [5.41, 5.74) is 10.1. The Labute approximate surface area is 159 Å². The molecule has 0 bridgehead atoms. The van der Waals surface area contributed by atoms with Gasteiger partial charge in [-0.3, -0.25) is 0 Å². The van der Waals surface area contributed by atoms with E-state index in [1.54, 1.807) is 0 Å². The second kappa shape index (κ2) is 5.53. The molecule has 0 aliphatic carbocycles. The maximum Gasteiger partial charge on any atom is 0.220 e. The molecule has 4 aromatic rings. The molecule has 0 saturated heterocycles. The van der Waals surface area contributed by atoms with E-state index in [0.29, 0.717) is 0 Å². The fourth-order valence-corrected chi connectivity index (χ4v) is 4.39. The summed E-state index contributed by atoms with van der Waals surface area (Å²) in [6, 6.07) is 11.3. The highest BCUT2D eigenvalue weighted by Gasteiger charge is 2.23. The highest BCUT2D eigenvalue weighted by atomic mass is 15.1. The van der Waals surface area contributed by atoms with E-state index in [4.69, 9.17) is 4.98 Å². The molecule has 0 atom stereocenters. The summed E-state index contributed by atoms with van der Waals surface area (Å²) in [6.07, 6.45) is 5.35. The smallest absolute Gasteiger partial charge is 0.220 e. The zero-order valence-electron chi connectivity index (χ0n) is 16.6. The van der Waals surface area contributed by atoms with Gasteiger partial charge in [0.2, 0.25) is 5.69 Å². The Hall–Kier alpha value is -2.94. The van der Waals surface area contributed by atoms with Crippen LogP contribution in [-0.2, 0) is 13.5 Å². The van der Waals surface area contributed by atoms with Crippen molar-refractivity contribution in [2.75, 3.05) is 0 Å². The summed E-state index contributed by atoms with van der Waals surface area (Å²) in [5, 5.41) is 2.58. The summed E-state index contributed by atoms with van der Waals surface area (Å²) >= 11 is 0. The van der Waals surface area contributed by atoms with Crippen LogP contribution in [0.4, 0.5) is 0 Å². The predicted molar refractivity (Wildman–Crippen MR) is 112 cm³/mol. The van der Waals surface area contributed by atoms with E-state index in [0.717, 1.165) is 17.8 Å². The lowest BCUT2D eigenvalue weighted by atomic mass is 9.95. The van der Waals surface area contributed by atoms with Crippen molar-refractivity contribution in [3.63, 3.8) is 0 Å². The van der Waals surface area contributed by atoms with Crippen LogP contribution in [-0.4, -0.2) is 9.55 Å². The Bertz CT molecular complexity index is 1290. The number of rotatable bonds is 1. The van der Waals surface area contributed by atoms with Crippen molar-refractivity contribution >= 4 is 28.0 Å². The molecule has 0 radical (unpaired) electrons. The number of fused-ring (bicyclic) bond motifs is 4. The molecular weight excluding hydrogens is 330 g/mol. The minimum atomic E-state index is 0.948. The van der Waals surface area contributed by atoms with E-state index >= 15 is 0 Å². The molecular formula is C24H24N3+. The average molecular weight is 354 g/mol. The second-order valence-corrected chi connectivity index (χ2v) is 7.96. The Morgan fingerprint density at radius 2 is 1.81 bits per heavy atom. The van der Waals surface area contributed by atoms with Crippen LogP contribution in [0.1, 0.15) is 29.4 Å². The SMILES string of the molecule is CC1=Cn2c(nc3c(C)c(C)c(-c4c5ccc(C)cc5cc[n+]4C)cc32)C1. The zero-order chi connectivity index (χ0) is 18.9. The molecule has 0 N–H and O–H groups in total. The van der Waals surface area contributed by atoms with Gasteiger partial charge in [0.25, 0.3) is 0 Å². The second-order valence-electron chi connectivity index (χ2n) is 7.96. The number of benzene rings is 2. The van der Waals surface area contributed by atoms with Crippen LogP contribution in [0.3, 0.4) is 0 Å². The van der Waals surface area contributed by atoms with Crippen molar-refractivity contribution in [1.29, 1.82) is 0 Å². The fraction of sp³-hybridized carbons (Fsp3) is 0.250. The number of nitrogens with zero attached hydrogens (tertiary/aromatic N) is 3. The van der Waals surface area contributed by atoms with Crippen LogP contribution in [0.5, 0.6) is 0 Å². The van der Waals surface area contributed by atoms with E-state index < -0.39 is 0 Å². The summed E-state index contributed by atoms with van der Waals surface area (Å²) in [4.78, 5) is 4.94. The van der Waals surface area contributed by atoms with E-state index in [9.17, 15) is 0 Å². The van der Waals surface area contributed by atoms with Gasteiger partial charge in [-0.1, -0.05) is 17.7 Å². The maximum absolute atomic E-state index is 4.94. The van der Waals surface area contributed by atoms with Crippen LogP contribution in [0.15, 0.2) is 42.1 Å². The number of aryl methyl sites for hydroxylation is 3. The van der Waals surface area contributed by atoms with E-state index in [1.165, 1.54) is 49.8 Å². The van der Waals surface area contributed by atoms with Gasteiger partial charge in [0, 0.05) is 18.7 Å². The molecule has 1 aliphatic heterocycles. The average Bonchev–Trinajstić information content (AvgIpc) is 3.15. The van der Waals surface area contributed by atoms with Gasteiger partial charge in [-0.05, 0) is 61.9 Å². The Balaban J connectivity index is 1.89. The van der Waals surface area contributed by atoms with Crippen LogP contribution < -0.4 is 4.57 Å². The minimum absolute atomic E-state index is 0.948. The first kappa shape index (κ1) is 16.2. The Kier molecular flexibility index (Phi) is 3.33. The highest BCUT2D eigenvalue weighted by molar-refractivity contribution is 5.97. The number of aromatic nitrogens is 3. The standard InChI is InChI=1S/C24H24N3/c1-14-6-7-19-18(10-14)8-9-26(5)24(19)20-12-21-23(17(4)16(20)3)25-22-11-15(2)13-27(21)22/h6-10,12-13H,11H2,1-5H3/q+1. The molecule has 3 heterocycles. The number of imidazole rings is 1. The molecule has 2 aromatic carbocycles. The third kappa shape index (κ3) is 2.27. The molecule has 3 nitrogen and oxygen atoms in total. The summed E-state index contributed by atoms with van der Waals surface area (Å²) in [7, 11) is 2.14. The Morgan fingerprint density at radius 3 is 2.63 bits per heavy atom. The van der Waals surface area contributed by atoms with Crippen LogP contribution in [0.25, 0.3) is 39.3 Å². The summed E-state index contributed by atoms with van der Waals surface area (Å²) in [6.45, 7) is 8.76. The highest BCUT2D eigenvalue weighted by Crippen LogP contribution is 2.35. The van der Waals surface area contributed by atoms with Gasteiger partial charge in [0.1, 0.15) is 12.9 Å². The lowest BCUT2D eigenvalue weighted by Crippen LogP contribution is -2.30. The van der Waals surface area contributed by atoms with Gasteiger partial charge in [-0.2, -0.15) is 0 Å². The van der Waals surface area contributed by atoms with Crippen molar-refractivity contribution in [3.8, 4) is 11.3 Å². The number of allylic oxidation sites excluding steroid dienone is 1. The van der Waals surface area contributed by atoms with E-state index in [-0.39, 0.29) is 0 Å². The molecule has 0 fully saturated rings. The molecule has 0 saturated carbocycles. The van der Waals surface area contributed by atoms with Gasteiger partial charge in [0.15, 0.2) is 6.20 Å². The first-order valence-electron chi connectivity index (χ1n) is 9.51. The summed E-state index contributed by atoms with van der Waals surface area (Å²) in [5.74, 6) is 1.15. The predicted octanol–water partition coefficient (Wildman–Crippen LogP) is 5.02. The topological polar surface area (TPSA) is 21.7 Å². The van der Waals surface area contributed by atoms with Crippen molar-refractivity contribution in [2.24, 2.45) is 7.05 Å². The van der Waals surface area contributed by atoms with Gasteiger partial charge < -0.3 is 4.57 Å².